The van der Waals surface area contributed by atoms with Crippen molar-refractivity contribution in [3.8, 4) is 6.07 Å². The Kier molecular flexibility index (Phi) is 6.03. The number of esters is 1. The van der Waals surface area contributed by atoms with Gasteiger partial charge in [0.05, 0.1) is 4.90 Å². The Labute approximate surface area is 128 Å². The molecule has 118 valence electrons. The number of rotatable bonds is 6. The average molecular weight is 325 g/mol. The van der Waals surface area contributed by atoms with Crippen molar-refractivity contribution >= 4 is 21.9 Å². The number of nitrogens with zero attached hydrogens (tertiary/aromatic N) is 2. The molecule has 0 heterocycles. The van der Waals surface area contributed by atoms with Gasteiger partial charge in [0.25, 0.3) is 5.91 Å². The van der Waals surface area contributed by atoms with Crippen molar-refractivity contribution < 1.29 is 22.7 Å². The molecule has 0 saturated heterocycles. The van der Waals surface area contributed by atoms with E-state index in [9.17, 15) is 18.0 Å². The second-order valence-electron chi connectivity index (χ2n) is 4.32. The van der Waals surface area contributed by atoms with E-state index < -0.39 is 35.1 Å². The molecule has 0 aliphatic rings. The van der Waals surface area contributed by atoms with E-state index in [1.807, 2.05) is 0 Å². The second kappa shape index (κ2) is 7.53. The number of nitrogens with one attached hydrogen (secondary N) is 1. The van der Waals surface area contributed by atoms with Gasteiger partial charge >= 0.3 is 5.97 Å². The third-order valence-corrected chi connectivity index (χ3v) is 4.38. The normalized spacial score (nSPS) is 10.8. The predicted molar refractivity (Wildman–Crippen MR) is 76.2 cm³/mol. The lowest BCUT2D eigenvalue weighted by molar-refractivity contribution is -0.140. The zero-order valence-electron chi connectivity index (χ0n) is 12.1. The van der Waals surface area contributed by atoms with Crippen LogP contribution < -0.4 is 5.32 Å². The molecule has 0 radical (unpaired) electrons. The fraction of sp³-hybridized carbons (Fsp3) is 0.308. The van der Waals surface area contributed by atoms with Crippen molar-refractivity contribution in [2.45, 2.75) is 4.90 Å². The van der Waals surface area contributed by atoms with Crippen LogP contribution in [0, 0.1) is 11.3 Å². The molecule has 0 aromatic heterocycles. The lowest BCUT2D eigenvalue weighted by Crippen LogP contribution is -2.31. The Morgan fingerprint density at radius 2 is 2.05 bits per heavy atom. The quantitative estimate of drug-likeness (QED) is 0.720. The van der Waals surface area contributed by atoms with E-state index in [1.165, 1.54) is 38.4 Å². The summed E-state index contributed by atoms with van der Waals surface area (Å²) >= 11 is 0. The molecule has 1 aromatic carbocycles. The lowest BCUT2D eigenvalue weighted by atomic mass is 10.2. The Bertz CT molecular complexity index is 707. The summed E-state index contributed by atoms with van der Waals surface area (Å²) in [7, 11) is -0.886. The molecule has 0 aliphatic carbocycles. The first-order valence-corrected chi connectivity index (χ1v) is 7.56. The summed E-state index contributed by atoms with van der Waals surface area (Å²) in [4.78, 5) is 23.0. The van der Waals surface area contributed by atoms with Crippen LogP contribution in [-0.4, -0.2) is 51.8 Å². The topological polar surface area (TPSA) is 117 Å². The molecule has 0 aliphatic heterocycles. The van der Waals surface area contributed by atoms with Crippen molar-refractivity contribution in [1.29, 1.82) is 5.26 Å². The van der Waals surface area contributed by atoms with Crippen molar-refractivity contribution in [1.82, 2.24) is 9.62 Å². The highest BCUT2D eigenvalue weighted by molar-refractivity contribution is 7.89. The SMILES string of the molecule is CN(C)S(=O)(=O)c1cccc(C(=O)NCC(=O)OCC#N)c1. The zero-order chi connectivity index (χ0) is 16.8. The number of nitriles is 1. The molecular weight excluding hydrogens is 310 g/mol. The summed E-state index contributed by atoms with van der Waals surface area (Å²) < 4.78 is 29.5. The molecule has 8 nitrogen and oxygen atoms in total. The molecule has 0 fully saturated rings. The summed E-state index contributed by atoms with van der Waals surface area (Å²) in [5.41, 5.74) is 0.0935. The summed E-state index contributed by atoms with van der Waals surface area (Å²) in [5.74, 6) is -1.38. The molecular formula is C13H15N3O5S. The molecule has 0 atom stereocenters. The number of carbonyl (C=O) groups excluding carboxylic acids is 2. The largest absolute Gasteiger partial charge is 0.449 e. The first kappa shape index (κ1) is 17.6. The highest BCUT2D eigenvalue weighted by atomic mass is 32.2. The molecule has 0 saturated carbocycles. The lowest BCUT2D eigenvalue weighted by Gasteiger charge is -2.12. The van der Waals surface area contributed by atoms with E-state index in [-0.39, 0.29) is 10.5 Å². The van der Waals surface area contributed by atoms with Gasteiger partial charge in [-0.1, -0.05) is 6.07 Å². The van der Waals surface area contributed by atoms with Gasteiger partial charge in [-0.25, -0.2) is 12.7 Å². The first-order valence-electron chi connectivity index (χ1n) is 6.12. The summed E-state index contributed by atoms with van der Waals surface area (Å²) in [6.45, 7) is -0.809. The van der Waals surface area contributed by atoms with E-state index in [0.717, 1.165) is 4.31 Å². The van der Waals surface area contributed by atoms with E-state index in [2.05, 4.69) is 10.1 Å². The molecule has 1 rings (SSSR count). The van der Waals surface area contributed by atoms with Gasteiger partial charge in [-0.3, -0.25) is 9.59 Å². The van der Waals surface area contributed by atoms with Crippen LogP contribution in [0.25, 0.3) is 0 Å². The van der Waals surface area contributed by atoms with Crippen molar-refractivity contribution in [3.05, 3.63) is 29.8 Å². The number of hydrogen-bond donors (Lipinski definition) is 1. The smallest absolute Gasteiger partial charge is 0.326 e. The van der Waals surface area contributed by atoms with Crippen LogP contribution in [0.2, 0.25) is 0 Å². The summed E-state index contributed by atoms with van der Waals surface area (Å²) in [6, 6.07) is 7.06. The molecule has 0 spiro atoms. The molecule has 0 unspecified atom stereocenters. The van der Waals surface area contributed by atoms with Crippen molar-refractivity contribution in [2.75, 3.05) is 27.2 Å². The maximum absolute atomic E-state index is 12.0. The van der Waals surface area contributed by atoms with Gasteiger partial charge in [-0.2, -0.15) is 5.26 Å². The number of amides is 1. The van der Waals surface area contributed by atoms with Crippen LogP contribution in [-0.2, 0) is 19.6 Å². The van der Waals surface area contributed by atoms with Gasteiger partial charge in [0, 0.05) is 19.7 Å². The molecule has 1 N–H and O–H groups in total. The number of benzene rings is 1. The highest BCUT2D eigenvalue weighted by Gasteiger charge is 2.18. The fourth-order valence-corrected chi connectivity index (χ4v) is 2.37. The third-order valence-electron chi connectivity index (χ3n) is 2.57. The van der Waals surface area contributed by atoms with E-state index >= 15 is 0 Å². The fourth-order valence-electron chi connectivity index (χ4n) is 1.43. The Morgan fingerprint density at radius 1 is 1.36 bits per heavy atom. The van der Waals surface area contributed by atoms with Crippen LogP contribution >= 0.6 is 0 Å². The van der Waals surface area contributed by atoms with Gasteiger partial charge < -0.3 is 10.1 Å². The van der Waals surface area contributed by atoms with E-state index in [1.54, 1.807) is 6.07 Å². The predicted octanol–water partition coefficient (Wildman–Crippen LogP) is -0.267. The number of sulfonamides is 1. The maximum Gasteiger partial charge on any atom is 0.326 e. The first-order chi connectivity index (χ1) is 10.3. The summed E-state index contributed by atoms with van der Waals surface area (Å²) in [5, 5.41) is 10.5. The van der Waals surface area contributed by atoms with Gasteiger partial charge in [-0.05, 0) is 18.2 Å². The van der Waals surface area contributed by atoms with Gasteiger partial charge in [0.1, 0.15) is 12.6 Å². The Hall–Kier alpha value is -2.44. The minimum atomic E-state index is -3.65. The average Bonchev–Trinajstić information content (AvgIpc) is 2.50. The second-order valence-corrected chi connectivity index (χ2v) is 6.47. The standard InChI is InChI=1S/C13H15N3O5S/c1-16(2)22(19,20)11-5-3-4-10(8-11)13(18)15-9-12(17)21-7-6-14/h3-5,8H,7,9H2,1-2H3,(H,15,18). The van der Waals surface area contributed by atoms with Crippen LogP contribution in [0.4, 0.5) is 0 Å². The molecule has 1 aromatic rings. The number of carbonyl (C=O) groups is 2. The monoisotopic (exact) mass is 325 g/mol. The van der Waals surface area contributed by atoms with E-state index in [4.69, 9.17) is 5.26 Å². The van der Waals surface area contributed by atoms with E-state index in [0.29, 0.717) is 0 Å². The summed E-state index contributed by atoms with van der Waals surface area (Å²) in [6.07, 6.45) is 0. The zero-order valence-corrected chi connectivity index (χ0v) is 12.9. The number of hydrogen-bond acceptors (Lipinski definition) is 6. The van der Waals surface area contributed by atoms with Crippen LogP contribution in [0.15, 0.2) is 29.2 Å². The maximum atomic E-state index is 12.0. The van der Waals surface area contributed by atoms with Gasteiger partial charge in [-0.15, -0.1) is 0 Å². The van der Waals surface area contributed by atoms with Crippen molar-refractivity contribution in [3.63, 3.8) is 0 Å². The van der Waals surface area contributed by atoms with Crippen LogP contribution in [0.3, 0.4) is 0 Å². The number of ether oxygens (including phenoxy) is 1. The Morgan fingerprint density at radius 3 is 2.64 bits per heavy atom. The van der Waals surface area contributed by atoms with Crippen LogP contribution in [0.5, 0.6) is 0 Å². The third kappa shape index (κ3) is 4.54. The molecule has 1 amide bonds. The minimum absolute atomic E-state index is 0.0304. The van der Waals surface area contributed by atoms with Crippen LogP contribution in [0.1, 0.15) is 10.4 Å². The molecule has 9 heteroatoms. The van der Waals surface area contributed by atoms with Crippen molar-refractivity contribution in [2.24, 2.45) is 0 Å². The molecule has 0 bridgehead atoms. The Balaban J connectivity index is 2.80. The van der Waals surface area contributed by atoms with Gasteiger partial charge in [0.15, 0.2) is 6.61 Å². The minimum Gasteiger partial charge on any atom is -0.449 e. The highest BCUT2D eigenvalue weighted by Crippen LogP contribution is 2.14. The molecule has 22 heavy (non-hydrogen) atoms. The van der Waals surface area contributed by atoms with Gasteiger partial charge in [0.2, 0.25) is 10.0 Å².